The van der Waals surface area contributed by atoms with E-state index in [-0.39, 0.29) is 28.1 Å². The molecule has 0 spiro atoms. The summed E-state index contributed by atoms with van der Waals surface area (Å²) in [6.07, 6.45) is 1.02. The first kappa shape index (κ1) is 23.2. The molecule has 0 aliphatic heterocycles. The van der Waals surface area contributed by atoms with Gasteiger partial charge >= 0.3 is 0 Å². The maximum atomic E-state index is 12.4. The molecule has 0 aliphatic rings. The molecule has 0 fully saturated rings. The molecule has 0 saturated heterocycles. The number of thiocarbonyl (C=S) groups is 2. The molecular formula is C21H24N4O3S2. The molecule has 158 valence electrons. The molecule has 0 heterocycles. The van der Waals surface area contributed by atoms with Crippen LogP contribution in [0.4, 0.5) is 11.4 Å². The van der Waals surface area contributed by atoms with Crippen molar-refractivity contribution in [2.24, 2.45) is 0 Å². The van der Waals surface area contributed by atoms with Gasteiger partial charge in [0.05, 0.1) is 6.10 Å². The fraction of sp³-hybridized carbons (Fsp3) is 0.238. The Bertz CT molecular complexity index is 915. The van der Waals surface area contributed by atoms with E-state index in [1.54, 1.807) is 48.5 Å². The van der Waals surface area contributed by atoms with Crippen molar-refractivity contribution in [3.8, 4) is 5.75 Å². The second kappa shape index (κ2) is 11.2. The quantitative estimate of drug-likeness (QED) is 0.504. The van der Waals surface area contributed by atoms with Gasteiger partial charge in [-0.2, -0.15) is 0 Å². The van der Waals surface area contributed by atoms with E-state index in [1.165, 1.54) is 6.92 Å². The molecule has 0 bridgehead atoms. The topological polar surface area (TPSA) is 91.5 Å². The summed E-state index contributed by atoms with van der Waals surface area (Å²) >= 11 is 10.2. The highest BCUT2D eigenvalue weighted by molar-refractivity contribution is 7.80. The number of carbonyl (C=O) groups excluding carboxylic acids is 2. The molecule has 0 aromatic heterocycles. The highest BCUT2D eigenvalue weighted by atomic mass is 32.1. The van der Waals surface area contributed by atoms with Crippen LogP contribution in [0.5, 0.6) is 5.75 Å². The summed E-state index contributed by atoms with van der Waals surface area (Å²) < 4.78 is 5.71. The smallest absolute Gasteiger partial charge is 0.257 e. The van der Waals surface area contributed by atoms with Crippen LogP contribution in [-0.4, -0.2) is 28.1 Å². The van der Waals surface area contributed by atoms with Crippen LogP contribution in [0, 0.1) is 0 Å². The monoisotopic (exact) mass is 444 g/mol. The summed E-state index contributed by atoms with van der Waals surface area (Å²) in [6.45, 7) is 5.42. The number of hydrogen-bond donors (Lipinski definition) is 4. The SMILES string of the molecule is CCC(C)Oc1ccc(C(=O)NC(=S)Nc2ccc(NC(=S)NC(C)=O)cc2)cc1. The largest absolute Gasteiger partial charge is 0.491 e. The third-order valence-electron chi connectivity index (χ3n) is 3.95. The lowest BCUT2D eigenvalue weighted by Crippen LogP contribution is -2.34. The van der Waals surface area contributed by atoms with E-state index < -0.39 is 0 Å². The van der Waals surface area contributed by atoms with Crippen LogP contribution in [-0.2, 0) is 4.79 Å². The van der Waals surface area contributed by atoms with E-state index in [2.05, 4.69) is 21.3 Å². The van der Waals surface area contributed by atoms with Gasteiger partial charge in [0.15, 0.2) is 10.2 Å². The van der Waals surface area contributed by atoms with Gasteiger partial charge in [0.25, 0.3) is 5.91 Å². The summed E-state index contributed by atoms with van der Waals surface area (Å²) in [6, 6.07) is 13.9. The van der Waals surface area contributed by atoms with E-state index in [0.717, 1.165) is 6.42 Å². The zero-order chi connectivity index (χ0) is 22.1. The Morgan fingerprint density at radius 1 is 0.900 bits per heavy atom. The van der Waals surface area contributed by atoms with Crippen LogP contribution in [0.1, 0.15) is 37.6 Å². The fourth-order valence-corrected chi connectivity index (χ4v) is 2.77. The first-order chi connectivity index (χ1) is 14.3. The summed E-state index contributed by atoms with van der Waals surface area (Å²) in [5, 5.41) is 11.3. The Hall–Kier alpha value is -3.04. The first-order valence-electron chi connectivity index (χ1n) is 9.34. The molecule has 9 heteroatoms. The van der Waals surface area contributed by atoms with Gasteiger partial charge in [0, 0.05) is 23.9 Å². The molecule has 7 nitrogen and oxygen atoms in total. The highest BCUT2D eigenvalue weighted by Gasteiger charge is 2.09. The lowest BCUT2D eigenvalue weighted by molar-refractivity contribution is -0.117. The van der Waals surface area contributed by atoms with Crippen LogP contribution in [0.3, 0.4) is 0 Å². The molecular weight excluding hydrogens is 420 g/mol. The summed E-state index contributed by atoms with van der Waals surface area (Å²) in [7, 11) is 0. The van der Waals surface area contributed by atoms with Crippen LogP contribution in [0.15, 0.2) is 48.5 Å². The molecule has 2 rings (SSSR count). The maximum absolute atomic E-state index is 12.4. The fourth-order valence-electron chi connectivity index (χ4n) is 2.30. The predicted octanol–water partition coefficient (Wildman–Crippen LogP) is 3.82. The molecule has 30 heavy (non-hydrogen) atoms. The van der Waals surface area contributed by atoms with Gasteiger partial charge in [0.1, 0.15) is 5.75 Å². The predicted molar refractivity (Wildman–Crippen MR) is 127 cm³/mol. The molecule has 1 unspecified atom stereocenters. The second-order valence-corrected chi connectivity index (χ2v) is 7.30. The van der Waals surface area contributed by atoms with Gasteiger partial charge in [-0.1, -0.05) is 6.92 Å². The van der Waals surface area contributed by atoms with Gasteiger partial charge in [-0.05, 0) is 86.3 Å². The van der Waals surface area contributed by atoms with Gasteiger partial charge in [-0.15, -0.1) is 0 Å². The summed E-state index contributed by atoms with van der Waals surface area (Å²) in [4.78, 5) is 23.3. The van der Waals surface area contributed by atoms with Crippen molar-refractivity contribution < 1.29 is 14.3 Å². The third kappa shape index (κ3) is 7.76. The van der Waals surface area contributed by atoms with Crippen LogP contribution < -0.4 is 26.0 Å². The number of ether oxygens (including phenoxy) is 1. The molecule has 2 amide bonds. The molecule has 0 radical (unpaired) electrons. The minimum absolute atomic E-state index is 0.115. The Balaban J connectivity index is 1.86. The van der Waals surface area contributed by atoms with E-state index >= 15 is 0 Å². The Labute approximate surface area is 186 Å². The number of rotatable bonds is 6. The Morgan fingerprint density at radius 3 is 1.87 bits per heavy atom. The minimum atomic E-state index is -0.318. The zero-order valence-electron chi connectivity index (χ0n) is 16.9. The highest BCUT2D eigenvalue weighted by Crippen LogP contribution is 2.16. The minimum Gasteiger partial charge on any atom is -0.491 e. The Kier molecular flexibility index (Phi) is 8.70. The van der Waals surface area contributed by atoms with Crippen molar-refractivity contribution in [2.75, 3.05) is 10.6 Å². The number of anilines is 2. The average Bonchev–Trinajstić information content (AvgIpc) is 2.69. The standard InChI is InChI=1S/C21H24N4O3S2/c1-4-13(2)28-18-11-5-15(6-12-18)19(27)25-21(30)24-17-9-7-16(8-10-17)23-20(29)22-14(3)26/h5-13H,4H2,1-3H3,(H2,22,23,26,29)(H2,24,25,27,30). The lowest BCUT2D eigenvalue weighted by Gasteiger charge is -2.13. The van der Waals surface area contributed by atoms with Gasteiger partial charge < -0.3 is 20.7 Å². The number of benzene rings is 2. The molecule has 0 aliphatic carbocycles. The maximum Gasteiger partial charge on any atom is 0.257 e. The third-order valence-corrected chi connectivity index (χ3v) is 4.35. The van der Waals surface area contributed by atoms with Crippen molar-refractivity contribution >= 4 is 57.8 Å². The number of nitrogens with one attached hydrogen (secondary N) is 4. The molecule has 2 aromatic rings. The molecule has 1 atom stereocenters. The van der Waals surface area contributed by atoms with Gasteiger partial charge in [0.2, 0.25) is 5.91 Å². The first-order valence-corrected chi connectivity index (χ1v) is 10.2. The van der Waals surface area contributed by atoms with Crippen molar-refractivity contribution in [3.63, 3.8) is 0 Å². The lowest BCUT2D eigenvalue weighted by atomic mass is 10.2. The number of amides is 2. The van der Waals surface area contributed by atoms with Crippen LogP contribution in [0.2, 0.25) is 0 Å². The van der Waals surface area contributed by atoms with Gasteiger partial charge in [-0.3, -0.25) is 14.9 Å². The zero-order valence-corrected chi connectivity index (χ0v) is 18.6. The van der Waals surface area contributed by atoms with Crippen LogP contribution in [0.25, 0.3) is 0 Å². The summed E-state index contributed by atoms with van der Waals surface area (Å²) in [5.74, 6) is 0.152. The normalized spacial score (nSPS) is 11.0. The number of hydrogen-bond acceptors (Lipinski definition) is 5. The van der Waals surface area contributed by atoms with Crippen molar-refractivity contribution in [1.29, 1.82) is 0 Å². The second-order valence-electron chi connectivity index (χ2n) is 6.48. The van der Waals surface area contributed by atoms with Crippen LogP contribution >= 0.6 is 24.4 Å². The van der Waals surface area contributed by atoms with Crippen molar-refractivity contribution in [1.82, 2.24) is 10.6 Å². The van der Waals surface area contributed by atoms with Gasteiger partial charge in [-0.25, -0.2) is 0 Å². The Morgan fingerprint density at radius 2 is 1.40 bits per heavy atom. The van der Waals surface area contributed by atoms with Crippen molar-refractivity contribution in [2.45, 2.75) is 33.3 Å². The van der Waals surface area contributed by atoms with E-state index in [9.17, 15) is 9.59 Å². The average molecular weight is 445 g/mol. The van der Waals surface area contributed by atoms with Crippen molar-refractivity contribution in [3.05, 3.63) is 54.1 Å². The molecule has 2 aromatic carbocycles. The summed E-state index contributed by atoms with van der Waals surface area (Å²) in [5.41, 5.74) is 1.87. The van der Waals surface area contributed by atoms with E-state index in [4.69, 9.17) is 29.2 Å². The molecule has 0 saturated carbocycles. The van der Waals surface area contributed by atoms with E-state index in [0.29, 0.717) is 22.7 Å². The number of carbonyl (C=O) groups is 2. The molecule has 4 N–H and O–H groups in total. The van der Waals surface area contributed by atoms with E-state index in [1.807, 2.05) is 13.8 Å².